The third kappa shape index (κ3) is 5.30. The van der Waals surface area contributed by atoms with Crippen molar-refractivity contribution in [2.75, 3.05) is 33.9 Å². The first-order chi connectivity index (χ1) is 14.0. The van der Waals surface area contributed by atoms with Gasteiger partial charge in [0.2, 0.25) is 5.91 Å². The normalized spacial score (nSPS) is 18.5. The molecular formula is C21H26N2O4S2. The van der Waals surface area contributed by atoms with E-state index in [4.69, 9.17) is 21.7 Å². The Labute approximate surface area is 181 Å². The van der Waals surface area contributed by atoms with Crippen LogP contribution in [-0.4, -0.2) is 59.8 Å². The van der Waals surface area contributed by atoms with Gasteiger partial charge in [0.25, 0.3) is 5.91 Å². The molecule has 0 aliphatic carbocycles. The number of carbonyl (C=O) groups is 2. The maximum absolute atomic E-state index is 12.8. The highest BCUT2D eigenvalue weighted by atomic mass is 32.2. The van der Waals surface area contributed by atoms with Crippen LogP contribution in [0.2, 0.25) is 0 Å². The Balaban J connectivity index is 1.59. The summed E-state index contributed by atoms with van der Waals surface area (Å²) in [7, 11) is 3.16. The van der Waals surface area contributed by atoms with E-state index in [9.17, 15) is 9.59 Å². The Kier molecular flexibility index (Phi) is 7.55. The molecule has 0 aromatic heterocycles. The van der Waals surface area contributed by atoms with Crippen molar-refractivity contribution in [2.45, 2.75) is 32.1 Å². The Morgan fingerprint density at radius 2 is 1.90 bits per heavy atom. The maximum atomic E-state index is 12.8. The summed E-state index contributed by atoms with van der Waals surface area (Å²) in [4.78, 5) is 29.2. The van der Waals surface area contributed by atoms with Gasteiger partial charge in [-0.2, -0.15) is 0 Å². The molecule has 6 nitrogen and oxygen atoms in total. The molecule has 3 rings (SSSR count). The van der Waals surface area contributed by atoms with E-state index < -0.39 is 0 Å². The number of carbonyl (C=O) groups excluding carboxylic acids is 2. The first-order valence-corrected chi connectivity index (χ1v) is 11.0. The van der Waals surface area contributed by atoms with Crippen LogP contribution in [0.25, 0.3) is 6.08 Å². The molecule has 0 spiro atoms. The fourth-order valence-electron chi connectivity index (χ4n) is 3.48. The fraction of sp³-hybridized carbons (Fsp3) is 0.476. The monoisotopic (exact) mass is 434 g/mol. The number of benzene rings is 1. The topological polar surface area (TPSA) is 59.1 Å². The largest absolute Gasteiger partial charge is 0.493 e. The van der Waals surface area contributed by atoms with E-state index in [1.54, 1.807) is 31.3 Å². The van der Waals surface area contributed by atoms with Crippen LogP contribution in [0.5, 0.6) is 11.5 Å². The molecule has 0 bridgehead atoms. The van der Waals surface area contributed by atoms with Crippen molar-refractivity contribution in [3.63, 3.8) is 0 Å². The SMILES string of the molecule is COc1ccc(/C=C2\SC(=S)N(CCCC(=O)N3CCCCC3)C2=O)cc1OC. The van der Waals surface area contributed by atoms with Crippen LogP contribution in [0.1, 0.15) is 37.7 Å². The van der Waals surface area contributed by atoms with Gasteiger partial charge in [-0.05, 0) is 49.5 Å². The predicted molar refractivity (Wildman–Crippen MR) is 119 cm³/mol. The smallest absolute Gasteiger partial charge is 0.266 e. The van der Waals surface area contributed by atoms with Gasteiger partial charge >= 0.3 is 0 Å². The molecule has 0 atom stereocenters. The minimum Gasteiger partial charge on any atom is -0.493 e. The molecule has 29 heavy (non-hydrogen) atoms. The quantitative estimate of drug-likeness (QED) is 0.482. The molecule has 2 amide bonds. The highest BCUT2D eigenvalue weighted by molar-refractivity contribution is 8.26. The van der Waals surface area contributed by atoms with Crippen LogP contribution in [0.15, 0.2) is 23.1 Å². The molecule has 2 heterocycles. The summed E-state index contributed by atoms with van der Waals surface area (Å²) in [6.45, 7) is 2.18. The second-order valence-electron chi connectivity index (χ2n) is 6.99. The Bertz CT molecular complexity index is 819. The Hall–Kier alpha value is -2.06. The van der Waals surface area contributed by atoms with Gasteiger partial charge in [0, 0.05) is 26.1 Å². The first kappa shape index (κ1) is 21.6. The molecule has 2 aliphatic heterocycles. The molecular weight excluding hydrogens is 408 g/mol. The number of likely N-dealkylation sites (tertiary alicyclic amines) is 1. The number of hydrogen-bond acceptors (Lipinski definition) is 6. The van der Waals surface area contributed by atoms with Gasteiger partial charge in [0.05, 0.1) is 19.1 Å². The summed E-state index contributed by atoms with van der Waals surface area (Å²) in [6, 6.07) is 5.49. The highest BCUT2D eigenvalue weighted by Gasteiger charge is 2.31. The van der Waals surface area contributed by atoms with Crippen molar-refractivity contribution >= 4 is 46.2 Å². The van der Waals surface area contributed by atoms with E-state index in [1.807, 2.05) is 17.0 Å². The number of methoxy groups -OCH3 is 2. The van der Waals surface area contributed by atoms with Crippen molar-refractivity contribution in [3.8, 4) is 11.5 Å². The van der Waals surface area contributed by atoms with Gasteiger partial charge in [0.15, 0.2) is 11.5 Å². The van der Waals surface area contributed by atoms with E-state index in [2.05, 4.69) is 0 Å². The van der Waals surface area contributed by atoms with Gasteiger partial charge in [-0.15, -0.1) is 0 Å². The molecule has 2 saturated heterocycles. The van der Waals surface area contributed by atoms with E-state index in [0.29, 0.717) is 40.1 Å². The molecule has 0 unspecified atom stereocenters. The van der Waals surface area contributed by atoms with Crippen molar-refractivity contribution < 1.29 is 19.1 Å². The minimum absolute atomic E-state index is 0.111. The summed E-state index contributed by atoms with van der Waals surface area (Å²) in [5, 5.41) is 0. The molecule has 2 aliphatic rings. The number of hydrogen-bond donors (Lipinski definition) is 0. The van der Waals surface area contributed by atoms with Crippen LogP contribution < -0.4 is 9.47 Å². The highest BCUT2D eigenvalue weighted by Crippen LogP contribution is 2.34. The number of thioether (sulfide) groups is 1. The van der Waals surface area contributed by atoms with Gasteiger partial charge in [0.1, 0.15) is 4.32 Å². The zero-order valence-corrected chi connectivity index (χ0v) is 18.4. The first-order valence-electron chi connectivity index (χ1n) is 9.78. The van der Waals surface area contributed by atoms with Crippen LogP contribution >= 0.6 is 24.0 Å². The van der Waals surface area contributed by atoms with Crippen LogP contribution in [-0.2, 0) is 9.59 Å². The molecule has 156 valence electrons. The van der Waals surface area contributed by atoms with Gasteiger partial charge in [-0.25, -0.2) is 0 Å². The molecule has 0 radical (unpaired) electrons. The second kappa shape index (κ2) is 10.1. The molecule has 8 heteroatoms. The molecule has 0 N–H and O–H groups in total. The number of amides is 2. The lowest BCUT2D eigenvalue weighted by Gasteiger charge is -2.27. The summed E-state index contributed by atoms with van der Waals surface area (Å²) < 4.78 is 11.1. The summed E-state index contributed by atoms with van der Waals surface area (Å²) in [5.41, 5.74) is 0.837. The zero-order valence-electron chi connectivity index (χ0n) is 16.8. The van der Waals surface area contributed by atoms with E-state index in [0.717, 1.165) is 31.5 Å². The summed E-state index contributed by atoms with van der Waals surface area (Å²) in [6.07, 6.45) is 6.24. The van der Waals surface area contributed by atoms with Crippen LogP contribution in [0, 0.1) is 0 Å². The van der Waals surface area contributed by atoms with Gasteiger partial charge < -0.3 is 14.4 Å². The van der Waals surface area contributed by atoms with Crippen LogP contribution in [0.4, 0.5) is 0 Å². The van der Waals surface area contributed by atoms with Crippen LogP contribution in [0.3, 0.4) is 0 Å². The lowest BCUT2D eigenvalue weighted by molar-refractivity contribution is -0.132. The molecule has 2 fully saturated rings. The number of nitrogens with zero attached hydrogens (tertiary/aromatic N) is 2. The van der Waals surface area contributed by atoms with Crippen molar-refractivity contribution in [3.05, 3.63) is 28.7 Å². The summed E-state index contributed by atoms with van der Waals surface area (Å²) >= 11 is 6.68. The predicted octanol–water partition coefficient (Wildman–Crippen LogP) is 3.70. The van der Waals surface area contributed by atoms with E-state index >= 15 is 0 Å². The fourth-order valence-corrected chi connectivity index (χ4v) is 4.79. The molecule has 0 saturated carbocycles. The molecule has 1 aromatic carbocycles. The Morgan fingerprint density at radius 1 is 1.17 bits per heavy atom. The number of piperidine rings is 1. The lowest BCUT2D eigenvalue weighted by Crippen LogP contribution is -2.36. The average Bonchev–Trinajstić information content (AvgIpc) is 3.01. The molecule has 1 aromatic rings. The standard InChI is InChI=1S/C21H26N2O4S2/c1-26-16-9-8-15(13-17(16)27-2)14-18-20(25)23(21(28)29-18)12-6-7-19(24)22-10-4-3-5-11-22/h8-9,13-14H,3-7,10-12H2,1-2H3/b18-14-. The maximum Gasteiger partial charge on any atom is 0.266 e. The zero-order chi connectivity index (χ0) is 20.8. The average molecular weight is 435 g/mol. The Morgan fingerprint density at radius 3 is 2.59 bits per heavy atom. The third-order valence-electron chi connectivity index (χ3n) is 5.06. The number of rotatable bonds is 7. The number of ether oxygens (including phenoxy) is 2. The minimum atomic E-state index is -0.111. The van der Waals surface area contributed by atoms with Gasteiger partial charge in [-0.3, -0.25) is 14.5 Å². The van der Waals surface area contributed by atoms with Gasteiger partial charge in [-0.1, -0.05) is 30.0 Å². The van der Waals surface area contributed by atoms with E-state index in [1.165, 1.54) is 18.2 Å². The summed E-state index contributed by atoms with van der Waals surface area (Å²) in [5.74, 6) is 1.31. The van der Waals surface area contributed by atoms with Crippen molar-refractivity contribution in [1.82, 2.24) is 9.80 Å². The number of thiocarbonyl (C=S) groups is 1. The second-order valence-corrected chi connectivity index (χ2v) is 8.67. The van der Waals surface area contributed by atoms with E-state index in [-0.39, 0.29) is 11.8 Å². The van der Waals surface area contributed by atoms with Crippen molar-refractivity contribution in [1.29, 1.82) is 0 Å². The van der Waals surface area contributed by atoms with Crippen molar-refractivity contribution in [2.24, 2.45) is 0 Å². The third-order valence-corrected chi connectivity index (χ3v) is 6.44. The lowest BCUT2D eigenvalue weighted by atomic mass is 10.1.